The number of halogens is 3. The van der Waals surface area contributed by atoms with E-state index in [4.69, 9.17) is 12.2 Å². The smallest absolute Gasteiger partial charge is 0.406 e. The number of thioether (sulfide) groups is 1. The van der Waals surface area contributed by atoms with Gasteiger partial charge < -0.3 is 10.1 Å². The molecule has 0 saturated carbocycles. The van der Waals surface area contributed by atoms with Gasteiger partial charge in [-0.2, -0.15) is 4.99 Å². The molecule has 44 heavy (non-hydrogen) atoms. The van der Waals surface area contributed by atoms with Crippen LogP contribution in [0.5, 0.6) is 5.75 Å². The molecule has 1 aliphatic heterocycles. The summed E-state index contributed by atoms with van der Waals surface area (Å²) in [6, 6.07) is 19.4. The molecule has 1 amide bonds. The first-order valence-corrected chi connectivity index (χ1v) is 15.3. The molecule has 228 valence electrons. The lowest BCUT2D eigenvalue weighted by molar-refractivity contribution is -0.274. The van der Waals surface area contributed by atoms with E-state index in [0.29, 0.717) is 34.1 Å². The van der Waals surface area contributed by atoms with E-state index in [1.165, 1.54) is 47.0 Å². The molecular weight excluding hydrogens is 610 g/mol. The molecule has 4 aromatic rings. The van der Waals surface area contributed by atoms with Gasteiger partial charge in [0.25, 0.3) is 0 Å². The Balaban J connectivity index is 1.16. The minimum atomic E-state index is -4.75. The molecule has 5 rings (SSSR count). The lowest BCUT2D eigenvalue weighted by atomic mass is 10.1. The molecule has 1 N–H and O–H groups in total. The zero-order valence-corrected chi connectivity index (χ0v) is 25.6. The highest BCUT2D eigenvalue weighted by molar-refractivity contribution is 8.15. The fraction of sp³-hybridized carbons (Fsp3) is 0.258. The van der Waals surface area contributed by atoms with Crippen molar-refractivity contribution in [3.05, 3.63) is 89.7 Å². The third-order valence-electron chi connectivity index (χ3n) is 6.76. The first-order chi connectivity index (χ1) is 21.1. The summed E-state index contributed by atoms with van der Waals surface area (Å²) in [6.07, 6.45) is -0.882. The molecule has 1 aromatic heterocycles. The normalized spacial score (nSPS) is 14.3. The van der Waals surface area contributed by atoms with E-state index in [-0.39, 0.29) is 11.7 Å². The number of hydrogen-bond acceptors (Lipinski definition) is 6. The van der Waals surface area contributed by atoms with Gasteiger partial charge in [0.1, 0.15) is 12.1 Å². The molecule has 2 heterocycles. The van der Waals surface area contributed by atoms with Crippen molar-refractivity contribution in [2.24, 2.45) is 4.99 Å². The van der Waals surface area contributed by atoms with Crippen LogP contribution < -0.4 is 15.0 Å². The second-order valence-corrected chi connectivity index (χ2v) is 11.3. The van der Waals surface area contributed by atoms with Gasteiger partial charge in [0.15, 0.2) is 16.1 Å². The maximum Gasteiger partial charge on any atom is 0.573 e. The summed E-state index contributed by atoms with van der Waals surface area (Å²) < 4.78 is 42.7. The van der Waals surface area contributed by atoms with Crippen LogP contribution in [0.3, 0.4) is 0 Å². The fourth-order valence-corrected chi connectivity index (χ4v) is 5.78. The van der Waals surface area contributed by atoms with Gasteiger partial charge in [-0.25, -0.2) is 9.67 Å². The number of anilines is 1. The van der Waals surface area contributed by atoms with E-state index in [9.17, 15) is 18.0 Å². The van der Waals surface area contributed by atoms with Crippen LogP contribution in [0.4, 0.5) is 18.9 Å². The zero-order valence-electron chi connectivity index (χ0n) is 24.0. The number of alkyl halides is 3. The third kappa shape index (κ3) is 7.83. The second kappa shape index (κ2) is 13.6. The third-order valence-corrected chi connectivity index (χ3v) is 7.91. The number of carbonyl (C=O) groups is 1. The number of thiocarbonyl (C=S) groups is 1. The summed E-state index contributed by atoms with van der Waals surface area (Å²) in [5, 5.41) is 8.58. The van der Waals surface area contributed by atoms with Crippen molar-refractivity contribution in [3.63, 3.8) is 0 Å². The van der Waals surface area contributed by atoms with Crippen molar-refractivity contribution < 1.29 is 22.7 Å². The van der Waals surface area contributed by atoms with Crippen LogP contribution in [-0.2, 0) is 17.6 Å². The van der Waals surface area contributed by atoms with Crippen molar-refractivity contribution in [3.8, 4) is 22.8 Å². The first-order valence-electron chi connectivity index (χ1n) is 13.9. The van der Waals surface area contributed by atoms with Crippen LogP contribution in [0.15, 0.2) is 78.0 Å². The number of rotatable bonds is 9. The van der Waals surface area contributed by atoms with Crippen LogP contribution >= 0.6 is 24.0 Å². The topological polar surface area (TPSA) is 84.6 Å². The van der Waals surface area contributed by atoms with E-state index in [1.807, 2.05) is 49.4 Å². The SMILES string of the molecule is CCc1ccc(C)cc1N1C(=O)CSC1=NC(=S)NCCCc1cccc(-c2ncn(-c3ccc(OC(F)(F)F)cc3)n2)c1. The van der Waals surface area contributed by atoms with Crippen molar-refractivity contribution in [1.29, 1.82) is 0 Å². The molecule has 1 aliphatic rings. The molecule has 8 nitrogen and oxygen atoms in total. The van der Waals surface area contributed by atoms with Gasteiger partial charge in [-0.05, 0) is 91.5 Å². The Kier molecular flexibility index (Phi) is 9.64. The predicted molar refractivity (Wildman–Crippen MR) is 170 cm³/mol. The molecule has 0 radical (unpaired) electrons. The number of ether oxygens (including phenoxy) is 1. The number of hydrogen-bond donors (Lipinski definition) is 1. The van der Waals surface area contributed by atoms with Crippen LogP contribution in [0.25, 0.3) is 17.1 Å². The number of aromatic nitrogens is 3. The summed E-state index contributed by atoms with van der Waals surface area (Å²) in [5.74, 6) is 0.500. The highest BCUT2D eigenvalue weighted by Crippen LogP contribution is 2.31. The first kappa shape index (κ1) is 31.2. The van der Waals surface area contributed by atoms with Crippen LogP contribution in [0.1, 0.15) is 30.0 Å². The average Bonchev–Trinajstić information content (AvgIpc) is 3.62. The van der Waals surface area contributed by atoms with Crippen molar-refractivity contribution in [2.45, 2.75) is 39.5 Å². The molecule has 0 unspecified atom stereocenters. The van der Waals surface area contributed by atoms with E-state index >= 15 is 0 Å². The summed E-state index contributed by atoms with van der Waals surface area (Å²) >= 11 is 6.86. The number of carbonyl (C=O) groups excluding carboxylic acids is 1. The lowest BCUT2D eigenvalue weighted by Gasteiger charge is -2.20. The number of nitrogens with one attached hydrogen (secondary N) is 1. The minimum Gasteiger partial charge on any atom is -0.406 e. The molecule has 1 saturated heterocycles. The zero-order chi connectivity index (χ0) is 31.3. The highest BCUT2D eigenvalue weighted by Gasteiger charge is 2.32. The van der Waals surface area contributed by atoms with Gasteiger partial charge >= 0.3 is 6.36 Å². The number of aliphatic imine (C=N–C) groups is 1. The van der Waals surface area contributed by atoms with E-state index < -0.39 is 6.36 Å². The number of aryl methyl sites for hydroxylation is 3. The molecule has 1 fully saturated rings. The van der Waals surface area contributed by atoms with Gasteiger partial charge in [0.05, 0.1) is 17.1 Å². The molecule has 0 bridgehead atoms. The lowest BCUT2D eigenvalue weighted by Crippen LogP contribution is -2.32. The van der Waals surface area contributed by atoms with Gasteiger partial charge in [0.2, 0.25) is 5.91 Å². The highest BCUT2D eigenvalue weighted by atomic mass is 32.2. The molecule has 0 atom stereocenters. The number of amides is 1. The van der Waals surface area contributed by atoms with Gasteiger partial charge in [-0.3, -0.25) is 9.69 Å². The Morgan fingerprint density at radius 1 is 1.14 bits per heavy atom. The van der Waals surface area contributed by atoms with Crippen molar-refractivity contribution in [2.75, 3.05) is 17.2 Å². The van der Waals surface area contributed by atoms with Crippen LogP contribution in [0.2, 0.25) is 0 Å². The van der Waals surface area contributed by atoms with E-state index in [0.717, 1.165) is 47.2 Å². The van der Waals surface area contributed by atoms with E-state index in [1.54, 1.807) is 4.90 Å². The fourth-order valence-electron chi connectivity index (χ4n) is 4.66. The Labute approximate surface area is 262 Å². The summed E-state index contributed by atoms with van der Waals surface area (Å²) in [5.41, 5.74) is 5.46. The summed E-state index contributed by atoms with van der Waals surface area (Å²) in [7, 11) is 0. The Morgan fingerprint density at radius 2 is 1.93 bits per heavy atom. The van der Waals surface area contributed by atoms with Crippen LogP contribution in [-0.4, -0.2) is 49.6 Å². The quantitative estimate of drug-likeness (QED) is 0.162. The monoisotopic (exact) mass is 638 g/mol. The van der Waals surface area contributed by atoms with Gasteiger partial charge in [-0.15, -0.1) is 18.3 Å². The molecule has 0 spiro atoms. The molecule has 3 aromatic carbocycles. The maximum absolute atomic E-state index is 12.7. The van der Waals surface area contributed by atoms with Crippen LogP contribution in [0, 0.1) is 6.92 Å². The average molecular weight is 639 g/mol. The van der Waals surface area contributed by atoms with Gasteiger partial charge in [0, 0.05) is 12.1 Å². The molecular formula is C31H29F3N6O2S2. The maximum atomic E-state index is 12.7. The summed E-state index contributed by atoms with van der Waals surface area (Å²) in [4.78, 5) is 23.3. The predicted octanol–water partition coefficient (Wildman–Crippen LogP) is 6.65. The van der Waals surface area contributed by atoms with Crippen molar-refractivity contribution in [1.82, 2.24) is 20.1 Å². The molecule has 13 heteroatoms. The summed E-state index contributed by atoms with van der Waals surface area (Å²) in [6.45, 7) is 4.66. The standard InChI is InChI=1S/C31H29F3N6O2S2/c1-3-22-10-9-20(2)16-26(22)40-27(41)18-44-30(40)37-29(43)35-15-5-7-21-6-4-8-23(17-21)28-36-19-39(38-28)24-11-13-25(14-12-24)42-31(32,33)34/h4,6,8-14,16-17,19H,3,5,7,15,18H2,1-2H3,(H,35,43). The number of benzene rings is 3. The number of amidine groups is 1. The number of nitrogens with zero attached hydrogens (tertiary/aromatic N) is 5. The Bertz CT molecular complexity index is 1690. The second-order valence-electron chi connectivity index (χ2n) is 9.99. The van der Waals surface area contributed by atoms with E-state index in [2.05, 4.69) is 32.1 Å². The largest absolute Gasteiger partial charge is 0.573 e. The minimum absolute atomic E-state index is 0.00973. The molecule has 0 aliphatic carbocycles. The van der Waals surface area contributed by atoms with Crippen molar-refractivity contribution >= 4 is 45.9 Å². The van der Waals surface area contributed by atoms with Gasteiger partial charge in [-0.1, -0.05) is 49.0 Å². The Hall–Kier alpha value is -4.23. The Morgan fingerprint density at radius 3 is 2.68 bits per heavy atom.